The Labute approximate surface area is 174 Å². The van der Waals surface area contributed by atoms with Crippen LogP contribution in [0.5, 0.6) is 0 Å². The molecule has 2 heteroatoms. The minimum atomic E-state index is -0.162. The van der Waals surface area contributed by atoms with Crippen molar-refractivity contribution in [1.82, 2.24) is 0 Å². The Morgan fingerprint density at radius 2 is 1.21 bits per heavy atom. The highest BCUT2D eigenvalue weighted by atomic mass is 16.5. The summed E-state index contributed by atoms with van der Waals surface area (Å²) >= 11 is 0. The van der Waals surface area contributed by atoms with E-state index < -0.39 is 0 Å². The molecule has 0 heterocycles. The Kier molecular flexibility index (Phi) is 14.7. The number of hydrogen-bond donors (Lipinski definition) is 0. The molecular weight excluding hydrogens is 344 g/mol. The minimum absolute atomic E-state index is 0.0125. The highest BCUT2D eigenvalue weighted by Gasteiger charge is 2.22. The molecule has 0 radical (unpaired) electrons. The van der Waals surface area contributed by atoms with Crippen LogP contribution in [0.1, 0.15) is 122 Å². The van der Waals surface area contributed by atoms with Crippen LogP contribution >= 0.6 is 0 Å². The van der Waals surface area contributed by atoms with E-state index in [0.29, 0.717) is 0 Å². The van der Waals surface area contributed by atoms with Crippen LogP contribution in [0, 0.1) is 5.92 Å². The molecule has 0 spiro atoms. The van der Waals surface area contributed by atoms with Gasteiger partial charge < -0.3 is 4.74 Å². The number of esters is 1. The first-order valence-corrected chi connectivity index (χ1v) is 11.9. The zero-order valence-corrected chi connectivity index (χ0v) is 18.8. The molecule has 0 saturated heterocycles. The molecule has 0 bridgehead atoms. The molecule has 1 aromatic carbocycles. The average molecular weight is 389 g/mol. The van der Waals surface area contributed by atoms with Crippen molar-refractivity contribution in [2.75, 3.05) is 0 Å². The van der Waals surface area contributed by atoms with Gasteiger partial charge in [0.2, 0.25) is 0 Å². The van der Waals surface area contributed by atoms with E-state index in [2.05, 4.69) is 13.8 Å². The number of rotatable bonds is 17. The summed E-state index contributed by atoms with van der Waals surface area (Å²) in [5.41, 5.74) is 1.08. The summed E-state index contributed by atoms with van der Waals surface area (Å²) in [5.74, 6) is 0.0852. The van der Waals surface area contributed by atoms with Crippen LogP contribution in [-0.2, 0) is 9.53 Å². The standard InChI is InChI=1S/C26H44O2/c1-4-6-8-10-12-15-21-25(22-16-13-11-9-7-5-2)26(27)28-23(3)24-19-17-14-18-20-24/h14,17-20,23,25H,4-13,15-16,21-22H2,1-3H3. The van der Waals surface area contributed by atoms with E-state index in [1.807, 2.05) is 37.3 Å². The summed E-state index contributed by atoms with van der Waals surface area (Å²) in [5, 5.41) is 0. The fourth-order valence-corrected chi connectivity index (χ4v) is 3.78. The van der Waals surface area contributed by atoms with Crippen LogP contribution < -0.4 is 0 Å². The molecule has 0 aliphatic rings. The van der Waals surface area contributed by atoms with Crippen molar-refractivity contribution in [3.8, 4) is 0 Å². The summed E-state index contributed by atoms with van der Waals surface area (Å²) in [6.45, 7) is 6.49. The number of ether oxygens (including phenoxy) is 1. The summed E-state index contributed by atoms with van der Waals surface area (Å²) in [7, 11) is 0. The molecular formula is C26H44O2. The zero-order chi connectivity index (χ0) is 20.5. The maximum atomic E-state index is 12.8. The Morgan fingerprint density at radius 1 is 0.750 bits per heavy atom. The van der Waals surface area contributed by atoms with Gasteiger partial charge in [-0.3, -0.25) is 4.79 Å². The fraction of sp³-hybridized carbons (Fsp3) is 0.731. The molecule has 0 fully saturated rings. The predicted octanol–water partition coefficient (Wildman–Crippen LogP) is 8.41. The first kappa shape index (κ1) is 24.7. The number of unbranched alkanes of at least 4 members (excludes halogenated alkanes) is 10. The lowest BCUT2D eigenvalue weighted by molar-refractivity contribution is -0.154. The van der Waals surface area contributed by atoms with E-state index >= 15 is 0 Å². The van der Waals surface area contributed by atoms with E-state index in [4.69, 9.17) is 4.74 Å². The van der Waals surface area contributed by atoms with Gasteiger partial charge in [0.1, 0.15) is 6.10 Å². The van der Waals surface area contributed by atoms with Gasteiger partial charge in [-0.1, -0.05) is 121 Å². The third-order valence-corrected chi connectivity index (χ3v) is 5.71. The molecule has 2 nitrogen and oxygen atoms in total. The van der Waals surface area contributed by atoms with Gasteiger partial charge in [-0.15, -0.1) is 0 Å². The van der Waals surface area contributed by atoms with Gasteiger partial charge in [0.25, 0.3) is 0 Å². The van der Waals surface area contributed by atoms with Gasteiger partial charge in [-0.25, -0.2) is 0 Å². The number of carbonyl (C=O) groups excluding carboxylic acids is 1. The SMILES string of the molecule is CCCCCCCCC(CCCCCCCC)C(=O)OC(C)c1ccccc1. The molecule has 0 aromatic heterocycles. The Morgan fingerprint density at radius 3 is 1.71 bits per heavy atom. The lowest BCUT2D eigenvalue weighted by Crippen LogP contribution is -2.20. The minimum Gasteiger partial charge on any atom is -0.458 e. The van der Waals surface area contributed by atoms with Gasteiger partial charge in [0, 0.05) is 0 Å². The third-order valence-electron chi connectivity index (χ3n) is 5.71. The molecule has 1 atom stereocenters. The van der Waals surface area contributed by atoms with Crippen LogP contribution in [0.3, 0.4) is 0 Å². The van der Waals surface area contributed by atoms with Crippen molar-refractivity contribution in [2.24, 2.45) is 5.92 Å². The molecule has 1 unspecified atom stereocenters. The van der Waals surface area contributed by atoms with Crippen LogP contribution in [0.2, 0.25) is 0 Å². The van der Waals surface area contributed by atoms with Gasteiger partial charge in [0.05, 0.1) is 5.92 Å². The molecule has 0 N–H and O–H groups in total. The second-order valence-electron chi connectivity index (χ2n) is 8.30. The van der Waals surface area contributed by atoms with Crippen LogP contribution in [-0.4, -0.2) is 5.97 Å². The Bertz CT molecular complexity index is 466. The maximum Gasteiger partial charge on any atom is 0.309 e. The molecule has 28 heavy (non-hydrogen) atoms. The fourth-order valence-electron chi connectivity index (χ4n) is 3.78. The first-order chi connectivity index (χ1) is 13.7. The Hall–Kier alpha value is -1.31. The summed E-state index contributed by atoms with van der Waals surface area (Å²) in [4.78, 5) is 12.8. The third kappa shape index (κ3) is 11.5. The topological polar surface area (TPSA) is 26.3 Å². The molecule has 1 aromatic rings. The van der Waals surface area contributed by atoms with E-state index in [-0.39, 0.29) is 18.0 Å². The number of hydrogen-bond acceptors (Lipinski definition) is 2. The summed E-state index contributed by atoms with van der Waals surface area (Å²) in [6, 6.07) is 10.1. The van der Waals surface area contributed by atoms with E-state index in [9.17, 15) is 4.79 Å². The number of carbonyl (C=O) groups is 1. The maximum absolute atomic E-state index is 12.8. The predicted molar refractivity (Wildman–Crippen MR) is 120 cm³/mol. The molecule has 160 valence electrons. The largest absolute Gasteiger partial charge is 0.458 e. The normalized spacial score (nSPS) is 12.3. The first-order valence-electron chi connectivity index (χ1n) is 11.9. The smallest absolute Gasteiger partial charge is 0.309 e. The van der Waals surface area contributed by atoms with Crippen LogP contribution in [0.25, 0.3) is 0 Å². The molecule has 0 aliphatic carbocycles. The molecule has 1 rings (SSSR count). The van der Waals surface area contributed by atoms with E-state index in [0.717, 1.165) is 31.2 Å². The quantitative estimate of drug-likeness (QED) is 0.198. The molecule has 0 amide bonds. The van der Waals surface area contributed by atoms with Crippen molar-refractivity contribution < 1.29 is 9.53 Å². The summed E-state index contributed by atoms with van der Waals surface area (Å²) in [6.07, 6.45) is 17.1. The van der Waals surface area contributed by atoms with Crippen LogP contribution in [0.15, 0.2) is 30.3 Å². The second kappa shape index (κ2) is 16.6. The van der Waals surface area contributed by atoms with E-state index in [1.54, 1.807) is 0 Å². The van der Waals surface area contributed by atoms with Gasteiger partial charge in [-0.2, -0.15) is 0 Å². The van der Waals surface area contributed by atoms with Crippen molar-refractivity contribution in [3.05, 3.63) is 35.9 Å². The highest BCUT2D eigenvalue weighted by Crippen LogP contribution is 2.24. The molecule has 0 aliphatic heterocycles. The average Bonchev–Trinajstić information content (AvgIpc) is 2.72. The van der Waals surface area contributed by atoms with Crippen molar-refractivity contribution in [3.63, 3.8) is 0 Å². The highest BCUT2D eigenvalue weighted by molar-refractivity contribution is 5.72. The van der Waals surface area contributed by atoms with Gasteiger partial charge in [-0.05, 0) is 25.3 Å². The lowest BCUT2D eigenvalue weighted by atomic mass is 9.94. The number of benzene rings is 1. The second-order valence-corrected chi connectivity index (χ2v) is 8.30. The van der Waals surface area contributed by atoms with Crippen LogP contribution in [0.4, 0.5) is 0 Å². The summed E-state index contributed by atoms with van der Waals surface area (Å²) < 4.78 is 5.85. The Balaban J connectivity index is 2.43. The zero-order valence-electron chi connectivity index (χ0n) is 18.8. The van der Waals surface area contributed by atoms with E-state index in [1.165, 1.54) is 64.2 Å². The van der Waals surface area contributed by atoms with Crippen molar-refractivity contribution in [1.29, 1.82) is 0 Å². The van der Waals surface area contributed by atoms with Gasteiger partial charge >= 0.3 is 5.97 Å². The monoisotopic (exact) mass is 388 g/mol. The van der Waals surface area contributed by atoms with Crippen molar-refractivity contribution in [2.45, 2.75) is 117 Å². The van der Waals surface area contributed by atoms with Gasteiger partial charge in [0.15, 0.2) is 0 Å². The molecule has 0 saturated carbocycles. The van der Waals surface area contributed by atoms with Crippen molar-refractivity contribution >= 4 is 5.97 Å². The lowest BCUT2D eigenvalue weighted by Gasteiger charge is -2.20.